The zero-order chi connectivity index (χ0) is 18.1. The highest BCUT2D eigenvalue weighted by Crippen LogP contribution is 2.25. The van der Waals surface area contributed by atoms with Crippen LogP contribution in [0.1, 0.15) is 24.3 Å². The first-order valence-corrected chi connectivity index (χ1v) is 8.81. The van der Waals surface area contributed by atoms with Gasteiger partial charge in [-0.2, -0.15) is 0 Å². The van der Waals surface area contributed by atoms with Crippen molar-refractivity contribution in [3.8, 4) is 11.5 Å². The second kappa shape index (κ2) is 9.68. The molecule has 6 nitrogen and oxygen atoms in total. The molecule has 1 aromatic heterocycles. The Morgan fingerprint density at radius 2 is 1.92 bits per heavy atom. The average molecular weight is 362 g/mol. The molecule has 0 fully saturated rings. The fourth-order valence-corrected chi connectivity index (χ4v) is 3.08. The van der Waals surface area contributed by atoms with Gasteiger partial charge in [0.25, 0.3) is 0 Å². The molecule has 0 aliphatic rings. The lowest BCUT2D eigenvalue weighted by Crippen LogP contribution is -2.34. The third-order valence-electron chi connectivity index (χ3n) is 3.40. The van der Waals surface area contributed by atoms with Crippen LogP contribution in [-0.4, -0.2) is 32.1 Å². The van der Waals surface area contributed by atoms with E-state index in [-0.39, 0.29) is 24.3 Å². The Hall–Kier alpha value is -2.54. The van der Waals surface area contributed by atoms with Crippen LogP contribution in [0.4, 0.5) is 0 Å². The number of amides is 2. The zero-order valence-corrected chi connectivity index (χ0v) is 15.1. The highest BCUT2D eigenvalue weighted by atomic mass is 32.1. The van der Waals surface area contributed by atoms with Crippen molar-refractivity contribution >= 4 is 23.2 Å². The van der Waals surface area contributed by atoms with Gasteiger partial charge in [0, 0.05) is 11.8 Å². The summed E-state index contributed by atoms with van der Waals surface area (Å²) >= 11 is 1.51. The highest BCUT2D eigenvalue weighted by molar-refractivity contribution is 7.10. The quantitative estimate of drug-likeness (QED) is 0.672. The van der Waals surface area contributed by atoms with Gasteiger partial charge in [0.2, 0.25) is 11.8 Å². The van der Waals surface area contributed by atoms with Crippen molar-refractivity contribution in [2.24, 2.45) is 0 Å². The Morgan fingerprint density at radius 3 is 2.56 bits per heavy atom. The summed E-state index contributed by atoms with van der Waals surface area (Å²) in [5, 5.41) is 7.53. The van der Waals surface area contributed by atoms with E-state index in [9.17, 15) is 9.59 Å². The van der Waals surface area contributed by atoms with Gasteiger partial charge in [0.1, 0.15) is 6.61 Å². The van der Waals surface area contributed by atoms with Crippen LogP contribution < -0.4 is 20.1 Å². The van der Waals surface area contributed by atoms with Crippen LogP contribution in [0.3, 0.4) is 0 Å². The third-order valence-corrected chi connectivity index (χ3v) is 4.39. The first-order valence-electron chi connectivity index (χ1n) is 7.93. The highest BCUT2D eigenvalue weighted by Gasteiger charge is 2.17. The fraction of sp³-hybridized carbons (Fsp3) is 0.333. The molecule has 2 N–H and O–H groups in total. The van der Waals surface area contributed by atoms with Gasteiger partial charge in [-0.25, -0.2) is 0 Å². The number of methoxy groups -OCH3 is 1. The zero-order valence-electron chi connectivity index (χ0n) is 14.3. The second-order valence-corrected chi connectivity index (χ2v) is 6.30. The van der Waals surface area contributed by atoms with Crippen molar-refractivity contribution in [2.45, 2.75) is 19.4 Å². The lowest BCUT2D eigenvalue weighted by molar-refractivity contribution is -0.122. The van der Waals surface area contributed by atoms with Gasteiger partial charge in [-0.15, -0.1) is 11.3 Å². The lowest BCUT2D eigenvalue weighted by atomic mass is 10.1. The average Bonchev–Trinajstić information content (AvgIpc) is 3.12. The van der Waals surface area contributed by atoms with Gasteiger partial charge < -0.3 is 20.1 Å². The number of rotatable bonds is 9. The number of para-hydroxylation sites is 2. The van der Waals surface area contributed by atoms with E-state index in [4.69, 9.17) is 9.47 Å². The van der Waals surface area contributed by atoms with Crippen LogP contribution in [0.15, 0.2) is 41.8 Å². The standard InChI is InChI=1S/C18H22N2O4S/c1-13(21)20-14(17-8-5-11-25-17)12-18(22)19-9-10-24-16-7-4-3-6-15(16)23-2/h3-8,11,14H,9-10,12H2,1-2H3,(H,19,22)(H,20,21)/t14-/m0/s1. The summed E-state index contributed by atoms with van der Waals surface area (Å²) in [5.74, 6) is 0.979. The summed E-state index contributed by atoms with van der Waals surface area (Å²) in [6.07, 6.45) is 0.189. The number of ether oxygens (including phenoxy) is 2. The summed E-state index contributed by atoms with van der Waals surface area (Å²) in [7, 11) is 1.58. The molecular weight excluding hydrogens is 340 g/mol. The van der Waals surface area contributed by atoms with Gasteiger partial charge in [-0.05, 0) is 23.6 Å². The lowest BCUT2D eigenvalue weighted by Gasteiger charge is -2.16. The Kier molecular flexibility index (Phi) is 7.28. The van der Waals surface area contributed by atoms with Gasteiger partial charge >= 0.3 is 0 Å². The van der Waals surface area contributed by atoms with Crippen molar-refractivity contribution in [1.29, 1.82) is 0 Å². The number of thiophene rings is 1. The Labute approximate surface area is 151 Å². The van der Waals surface area contributed by atoms with Crippen molar-refractivity contribution in [2.75, 3.05) is 20.3 Å². The van der Waals surface area contributed by atoms with Crippen LogP contribution in [0.25, 0.3) is 0 Å². The van der Waals surface area contributed by atoms with E-state index in [0.717, 1.165) is 4.88 Å². The topological polar surface area (TPSA) is 76.7 Å². The minimum atomic E-state index is -0.312. The van der Waals surface area contributed by atoms with Crippen LogP contribution in [0, 0.1) is 0 Å². The SMILES string of the molecule is COc1ccccc1OCCNC(=O)C[C@H](NC(C)=O)c1cccs1. The van der Waals surface area contributed by atoms with E-state index >= 15 is 0 Å². The van der Waals surface area contributed by atoms with Crippen LogP contribution in [0.5, 0.6) is 11.5 Å². The minimum Gasteiger partial charge on any atom is -0.493 e. The molecule has 2 amide bonds. The molecule has 0 bridgehead atoms. The molecule has 1 heterocycles. The van der Waals surface area contributed by atoms with Gasteiger partial charge in [-0.3, -0.25) is 9.59 Å². The van der Waals surface area contributed by atoms with Crippen molar-refractivity contribution in [1.82, 2.24) is 10.6 Å². The van der Waals surface area contributed by atoms with E-state index in [2.05, 4.69) is 10.6 Å². The Morgan fingerprint density at radius 1 is 1.16 bits per heavy atom. The number of carbonyl (C=O) groups excluding carboxylic acids is 2. The number of carbonyl (C=O) groups is 2. The van der Waals surface area contributed by atoms with Crippen molar-refractivity contribution in [3.63, 3.8) is 0 Å². The van der Waals surface area contributed by atoms with E-state index in [1.165, 1.54) is 18.3 Å². The van der Waals surface area contributed by atoms with Crippen molar-refractivity contribution < 1.29 is 19.1 Å². The summed E-state index contributed by atoms with van der Waals surface area (Å²) < 4.78 is 10.8. The van der Waals surface area contributed by atoms with Crippen LogP contribution in [-0.2, 0) is 9.59 Å². The first-order chi connectivity index (χ1) is 12.1. The largest absolute Gasteiger partial charge is 0.493 e. The normalized spacial score (nSPS) is 11.4. The van der Waals surface area contributed by atoms with Gasteiger partial charge in [0.15, 0.2) is 11.5 Å². The predicted molar refractivity (Wildman–Crippen MR) is 97.0 cm³/mol. The molecule has 0 unspecified atom stereocenters. The second-order valence-electron chi connectivity index (χ2n) is 5.32. The maximum atomic E-state index is 12.1. The molecule has 2 aromatic rings. The molecule has 134 valence electrons. The number of nitrogens with one attached hydrogen (secondary N) is 2. The molecule has 0 saturated carbocycles. The molecule has 0 aliphatic heterocycles. The Bertz CT molecular complexity index is 688. The Balaban J connectivity index is 1.78. The summed E-state index contributed by atoms with van der Waals surface area (Å²) in [6, 6.07) is 10.8. The molecule has 0 spiro atoms. The van der Waals surface area contributed by atoms with Gasteiger partial charge in [0.05, 0.1) is 26.1 Å². The van der Waals surface area contributed by atoms with Crippen LogP contribution >= 0.6 is 11.3 Å². The smallest absolute Gasteiger partial charge is 0.222 e. The van der Waals surface area contributed by atoms with E-state index in [0.29, 0.717) is 24.7 Å². The third kappa shape index (κ3) is 6.11. The molecule has 0 aliphatic carbocycles. The monoisotopic (exact) mass is 362 g/mol. The molecule has 25 heavy (non-hydrogen) atoms. The van der Waals surface area contributed by atoms with Gasteiger partial charge in [-0.1, -0.05) is 18.2 Å². The molecular formula is C18H22N2O4S. The number of hydrogen-bond acceptors (Lipinski definition) is 5. The number of hydrogen-bond donors (Lipinski definition) is 2. The summed E-state index contributed by atoms with van der Waals surface area (Å²) in [4.78, 5) is 24.4. The van der Waals surface area contributed by atoms with E-state index in [1.807, 2.05) is 41.8 Å². The molecule has 7 heteroatoms. The summed E-state index contributed by atoms with van der Waals surface area (Å²) in [5.41, 5.74) is 0. The maximum Gasteiger partial charge on any atom is 0.222 e. The molecule has 1 aromatic carbocycles. The predicted octanol–water partition coefficient (Wildman–Crippen LogP) is 2.52. The fourth-order valence-electron chi connectivity index (χ4n) is 2.30. The first kappa shape index (κ1) is 18.8. The van der Waals surface area contributed by atoms with E-state index in [1.54, 1.807) is 7.11 Å². The molecule has 1 atom stereocenters. The molecule has 2 rings (SSSR count). The van der Waals surface area contributed by atoms with Crippen molar-refractivity contribution in [3.05, 3.63) is 46.7 Å². The van der Waals surface area contributed by atoms with E-state index < -0.39 is 0 Å². The number of benzene rings is 1. The minimum absolute atomic E-state index is 0.143. The summed E-state index contributed by atoms with van der Waals surface area (Å²) in [6.45, 7) is 2.14. The van der Waals surface area contributed by atoms with Crippen LogP contribution in [0.2, 0.25) is 0 Å². The maximum absolute atomic E-state index is 12.1. The molecule has 0 saturated heterocycles. The molecule has 0 radical (unpaired) electrons.